The molecule has 3 aromatic rings. The zero-order chi connectivity index (χ0) is 18.3. The lowest BCUT2D eigenvalue weighted by atomic mass is 10.0. The molecule has 0 radical (unpaired) electrons. The molecule has 1 atom stereocenters. The largest absolute Gasteiger partial charge is 0.499 e. The van der Waals surface area contributed by atoms with Gasteiger partial charge in [0.15, 0.2) is 5.06 Å². The van der Waals surface area contributed by atoms with Crippen LogP contribution in [0.15, 0.2) is 51.2 Å². The number of H-pyrrole nitrogens is 1. The highest BCUT2D eigenvalue weighted by Crippen LogP contribution is 2.35. The Morgan fingerprint density at radius 3 is 2.85 bits per heavy atom. The average Bonchev–Trinajstić information content (AvgIpc) is 2.92. The van der Waals surface area contributed by atoms with Gasteiger partial charge >= 0.3 is 4.87 Å². The minimum absolute atomic E-state index is 0.0296. The smallest absolute Gasteiger partial charge is 0.310 e. The summed E-state index contributed by atoms with van der Waals surface area (Å²) >= 11 is 0.583. The van der Waals surface area contributed by atoms with Gasteiger partial charge in [-0.3, -0.25) is 24.2 Å². The normalized spacial score (nSPS) is 16.3. The van der Waals surface area contributed by atoms with Crippen LogP contribution < -0.4 is 15.7 Å². The molecular formula is C17H15N5O3S. The number of hydrogen-bond donors (Lipinski definition) is 3. The fourth-order valence-electron chi connectivity index (χ4n) is 2.97. The summed E-state index contributed by atoms with van der Waals surface area (Å²) in [6, 6.07) is 7.27. The van der Waals surface area contributed by atoms with E-state index in [1.54, 1.807) is 10.9 Å². The highest BCUT2D eigenvalue weighted by molar-refractivity contribution is 7.11. The first-order chi connectivity index (χ1) is 12.5. The number of para-hydroxylation sites is 2. The number of nitrogens with one attached hydrogen (secondary N) is 2. The first-order valence-corrected chi connectivity index (χ1v) is 8.71. The lowest BCUT2D eigenvalue weighted by Gasteiger charge is -2.17. The number of fused-ring (bicyclic) bond motifs is 1. The van der Waals surface area contributed by atoms with Crippen molar-refractivity contribution < 1.29 is 5.11 Å². The van der Waals surface area contributed by atoms with Crippen molar-refractivity contribution in [1.82, 2.24) is 14.8 Å². The van der Waals surface area contributed by atoms with Crippen molar-refractivity contribution in [3.8, 4) is 5.06 Å². The van der Waals surface area contributed by atoms with Gasteiger partial charge < -0.3 is 10.4 Å². The van der Waals surface area contributed by atoms with E-state index in [9.17, 15) is 14.7 Å². The molecule has 1 aromatic carbocycles. The third-order valence-corrected chi connectivity index (χ3v) is 4.83. The molecule has 1 aliphatic heterocycles. The number of aromatic amines is 1. The van der Waals surface area contributed by atoms with Crippen molar-refractivity contribution in [2.45, 2.75) is 12.5 Å². The number of aromatic hydroxyl groups is 1. The Bertz CT molecular complexity index is 1130. The number of anilines is 1. The summed E-state index contributed by atoms with van der Waals surface area (Å²) in [7, 11) is 1.83. The molecule has 0 bridgehead atoms. The second-order valence-corrected chi connectivity index (χ2v) is 6.91. The fourth-order valence-corrected chi connectivity index (χ4v) is 3.60. The van der Waals surface area contributed by atoms with Gasteiger partial charge in [-0.05, 0) is 23.5 Å². The van der Waals surface area contributed by atoms with Crippen LogP contribution >= 0.6 is 11.3 Å². The summed E-state index contributed by atoms with van der Waals surface area (Å²) < 4.78 is 1.70. The zero-order valence-electron chi connectivity index (χ0n) is 13.8. The van der Waals surface area contributed by atoms with Crippen LogP contribution in [0.25, 0.3) is 0 Å². The molecule has 26 heavy (non-hydrogen) atoms. The lowest BCUT2D eigenvalue weighted by Crippen LogP contribution is -2.25. The van der Waals surface area contributed by atoms with E-state index in [4.69, 9.17) is 0 Å². The van der Waals surface area contributed by atoms with Gasteiger partial charge in [0.2, 0.25) is 0 Å². The number of rotatable bonds is 2. The lowest BCUT2D eigenvalue weighted by molar-refractivity contribution is 0.487. The van der Waals surface area contributed by atoms with E-state index in [-0.39, 0.29) is 16.7 Å². The topological polar surface area (TPSA) is 112 Å². The molecule has 8 nitrogen and oxygen atoms in total. The Morgan fingerprint density at radius 2 is 2.12 bits per heavy atom. The van der Waals surface area contributed by atoms with Crippen molar-refractivity contribution in [3.63, 3.8) is 0 Å². The van der Waals surface area contributed by atoms with Gasteiger partial charge in [0.05, 0.1) is 29.3 Å². The Kier molecular flexibility index (Phi) is 3.92. The van der Waals surface area contributed by atoms with Crippen LogP contribution in [0, 0.1) is 0 Å². The number of aromatic nitrogens is 3. The molecule has 3 heterocycles. The molecule has 4 rings (SSSR count). The summed E-state index contributed by atoms with van der Waals surface area (Å²) in [5, 5.41) is 17.5. The maximum Gasteiger partial charge on any atom is 0.310 e. The molecule has 0 fully saturated rings. The third-order valence-electron chi connectivity index (χ3n) is 4.15. The summed E-state index contributed by atoms with van der Waals surface area (Å²) in [5.74, 6) is 0. The molecule has 3 N–H and O–H groups in total. The highest BCUT2D eigenvalue weighted by atomic mass is 32.1. The maximum absolute atomic E-state index is 12.3. The van der Waals surface area contributed by atoms with E-state index < -0.39 is 10.4 Å². The monoisotopic (exact) mass is 369 g/mol. The maximum atomic E-state index is 12.3. The van der Waals surface area contributed by atoms with E-state index in [0.29, 0.717) is 29.2 Å². The van der Waals surface area contributed by atoms with Gasteiger partial charge in [0.1, 0.15) is 5.56 Å². The quantitative estimate of drug-likeness (QED) is 0.639. The van der Waals surface area contributed by atoms with Crippen LogP contribution in [0.3, 0.4) is 0 Å². The van der Waals surface area contributed by atoms with Crippen molar-refractivity contribution in [1.29, 1.82) is 0 Å². The number of aliphatic imine (C=N–C) groups is 1. The van der Waals surface area contributed by atoms with Crippen molar-refractivity contribution in [2.75, 3.05) is 5.32 Å². The summed E-state index contributed by atoms with van der Waals surface area (Å²) in [6.07, 6.45) is 3.98. The van der Waals surface area contributed by atoms with Gasteiger partial charge in [0.25, 0.3) is 5.56 Å². The Hall–Kier alpha value is -3.20. The Morgan fingerprint density at radius 1 is 1.31 bits per heavy atom. The predicted molar refractivity (Wildman–Crippen MR) is 99.7 cm³/mol. The van der Waals surface area contributed by atoms with Gasteiger partial charge in [0, 0.05) is 25.2 Å². The summed E-state index contributed by atoms with van der Waals surface area (Å²) in [5.41, 5.74) is 2.19. The highest BCUT2D eigenvalue weighted by Gasteiger charge is 2.25. The molecule has 0 saturated heterocycles. The van der Waals surface area contributed by atoms with Crippen molar-refractivity contribution >= 4 is 28.4 Å². The Balaban J connectivity index is 1.89. The van der Waals surface area contributed by atoms with Crippen LogP contribution in [-0.4, -0.2) is 25.6 Å². The van der Waals surface area contributed by atoms with E-state index >= 15 is 0 Å². The second-order valence-electron chi connectivity index (χ2n) is 5.95. The molecule has 0 aliphatic carbocycles. The molecule has 9 heteroatoms. The second kappa shape index (κ2) is 6.26. The van der Waals surface area contributed by atoms with Gasteiger partial charge in [-0.1, -0.05) is 12.1 Å². The molecule has 132 valence electrons. The van der Waals surface area contributed by atoms with Crippen LogP contribution in [-0.2, 0) is 7.05 Å². The van der Waals surface area contributed by atoms with E-state index in [2.05, 4.69) is 20.4 Å². The van der Waals surface area contributed by atoms with Gasteiger partial charge in [-0.2, -0.15) is 5.10 Å². The predicted octanol–water partition coefficient (Wildman–Crippen LogP) is 1.91. The van der Waals surface area contributed by atoms with Gasteiger partial charge in [-0.25, -0.2) is 0 Å². The molecule has 0 unspecified atom stereocenters. The number of nitrogens with zero attached hydrogens (tertiary/aromatic N) is 3. The number of aryl methyl sites for hydroxylation is 1. The van der Waals surface area contributed by atoms with Crippen LogP contribution in [0.1, 0.15) is 23.6 Å². The summed E-state index contributed by atoms with van der Waals surface area (Å²) in [6.45, 7) is 0. The van der Waals surface area contributed by atoms with Gasteiger partial charge in [-0.15, -0.1) is 0 Å². The first kappa shape index (κ1) is 16.3. The average molecular weight is 369 g/mol. The van der Waals surface area contributed by atoms with Crippen molar-refractivity contribution in [3.05, 3.63) is 67.8 Å². The van der Waals surface area contributed by atoms with Crippen LogP contribution in [0.2, 0.25) is 0 Å². The van der Waals surface area contributed by atoms with E-state index in [0.717, 1.165) is 11.3 Å². The van der Waals surface area contributed by atoms with Crippen LogP contribution in [0.5, 0.6) is 5.06 Å². The zero-order valence-corrected chi connectivity index (χ0v) is 14.6. The third kappa shape index (κ3) is 2.93. The Labute approximate surface area is 151 Å². The standard InChI is InChI=1S/C17H15N5O3S/c1-22-8-9(7-18-22)12-6-13(14-15(23)21-17(25)26-16(14)24)20-11-5-3-2-4-10(11)19-12/h2-5,7-8,12,19,24H,6H2,1H3,(H,21,23,25)/t12-/m1/s1. The number of benzene rings is 1. The minimum atomic E-state index is -0.644. The fraction of sp³-hybridized carbons (Fsp3) is 0.176. The molecule has 1 aliphatic rings. The van der Waals surface area contributed by atoms with Crippen molar-refractivity contribution in [2.24, 2.45) is 12.0 Å². The molecule has 0 spiro atoms. The molecule has 2 aromatic heterocycles. The molecule has 0 amide bonds. The summed E-state index contributed by atoms with van der Waals surface area (Å²) in [4.78, 5) is 29.9. The number of hydrogen-bond acceptors (Lipinski definition) is 7. The van der Waals surface area contributed by atoms with E-state index in [1.165, 1.54) is 0 Å². The first-order valence-electron chi connectivity index (χ1n) is 7.89. The molecule has 0 saturated carbocycles. The molecular weight excluding hydrogens is 354 g/mol. The SMILES string of the molecule is Cn1cc([C@H]2CC(c3c(O)sc(=O)[nH]c3=O)=Nc3ccccc3N2)cn1. The minimum Gasteiger partial charge on any atom is -0.499 e. The van der Waals surface area contributed by atoms with Crippen LogP contribution in [0.4, 0.5) is 11.4 Å². The van der Waals surface area contributed by atoms with E-state index in [1.807, 2.05) is 37.5 Å².